The van der Waals surface area contributed by atoms with Gasteiger partial charge in [0.05, 0.1) is 73.9 Å². The smallest absolute Gasteiger partial charge is 0.338 e. The second-order valence-corrected chi connectivity index (χ2v) is 12.9. The zero-order chi connectivity index (χ0) is 32.4. The average Bonchev–Trinajstić information content (AvgIpc) is 3.74. The number of piperazine rings is 1. The van der Waals surface area contributed by atoms with Crippen LogP contribution in [0.15, 0.2) is 48.5 Å². The first-order valence-electron chi connectivity index (χ1n) is 15.7. The molecule has 0 N–H and O–H groups in total. The van der Waals surface area contributed by atoms with Gasteiger partial charge in [0.25, 0.3) is 5.79 Å². The van der Waals surface area contributed by atoms with E-state index in [1.54, 1.807) is 25.1 Å². The van der Waals surface area contributed by atoms with Crippen molar-refractivity contribution >= 4 is 34.3 Å². The Labute approximate surface area is 274 Å². The van der Waals surface area contributed by atoms with Crippen molar-refractivity contribution < 1.29 is 37.3 Å². The van der Waals surface area contributed by atoms with E-state index in [-0.39, 0.29) is 34.8 Å². The van der Waals surface area contributed by atoms with Gasteiger partial charge in [0.2, 0.25) is 0 Å². The second kappa shape index (κ2) is 11.6. The lowest BCUT2D eigenvalue weighted by molar-refractivity contribution is -0.0705. The molecule has 246 valence electrons. The summed E-state index contributed by atoms with van der Waals surface area (Å²) in [4.78, 5) is 21.6. The highest BCUT2D eigenvalue weighted by atomic mass is 35.5. The largest absolute Gasteiger partial charge is 0.465 e. The maximum absolute atomic E-state index is 15.3. The normalized spacial score (nSPS) is 25.2. The van der Waals surface area contributed by atoms with Crippen molar-refractivity contribution in [3.8, 4) is 11.5 Å². The number of benzene rings is 3. The molecule has 13 heteroatoms. The minimum absolute atomic E-state index is 0.00529. The molecule has 1 aromatic heterocycles. The van der Waals surface area contributed by atoms with Crippen LogP contribution in [-0.4, -0.2) is 78.6 Å². The molecule has 10 nitrogen and oxygen atoms in total. The van der Waals surface area contributed by atoms with Gasteiger partial charge in [0, 0.05) is 31.6 Å². The van der Waals surface area contributed by atoms with Crippen LogP contribution in [-0.2, 0) is 33.1 Å². The van der Waals surface area contributed by atoms with Crippen LogP contribution in [0.3, 0.4) is 0 Å². The molecule has 8 rings (SSSR count). The number of halogens is 3. The molecule has 4 aliphatic rings. The SMILES string of the molecule is COC(=O)c1cc(F)c2nc(CN3CCN(c4cccc5c4OC(C)(c4ccc(Cl)cc4F)O5)[C@@H]4COC[C@@H]43)n(C[C@@H]3CCO3)c2c1. The highest BCUT2D eigenvalue weighted by Gasteiger charge is 2.46. The topological polar surface area (TPSA) is 87.5 Å². The molecule has 4 atom stereocenters. The number of aromatic nitrogens is 2. The van der Waals surface area contributed by atoms with Gasteiger partial charge in [-0.3, -0.25) is 4.90 Å². The first-order chi connectivity index (χ1) is 22.7. The Hall–Kier alpha value is -3.97. The van der Waals surface area contributed by atoms with E-state index in [0.717, 1.165) is 12.1 Å². The number of imidazole rings is 1. The Bertz CT molecular complexity index is 1890. The molecule has 1 unspecified atom stereocenters. The Kier molecular flexibility index (Phi) is 7.51. The van der Waals surface area contributed by atoms with E-state index in [9.17, 15) is 9.18 Å². The number of para-hydroxylation sites is 1. The third-order valence-corrected chi connectivity index (χ3v) is 9.88. The van der Waals surface area contributed by atoms with Crippen LogP contribution in [0.2, 0.25) is 5.02 Å². The quantitative estimate of drug-likeness (QED) is 0.245. The summed E-state index contributed by atoms with van der Waals surface area (Å²) in [5.41, 5.74) is 1.97. The van der Waals surface area contributed by atoms with Crippen molar-refractivity contribution in [3.05, 3.63) is 82.1 Å². The van der Waals surface area contributed by atoms with E-state index in [1.807, 2.05) is 22.8 Å². The minimum atomic E-state index is -1.37. The van der Waals surface area contributed by atoms with Crippen molar-refractivity contribution in [2.75, 3.05) is 44.9 Å². The lowest BCUT2D eigenvalue weighted by Gasteiger charge is -2.44. The number of carbonyl (C=O) groups is 1. The van der Waals surface area contributed by atoms with Crippen molar-refractivity contribution in [1.82, 2.24) is 14.5 Å². The van der Waals surface area contributed by atoms with E-state index in [1.165, 1.54) is 19.2 Å². The van der Waals surface area contributed by atoms with Crippen LogP contribution < -0.4 is 14.4 Å². The molecular weight excluding hydrogens is 634 g/mol. The van der Waals surface area contributed by atoms with E-state index < -0.39 is 23.4 Å². The number of fused-ring (bicyclic) bond motifs is 3. The van der Waals surface area contributed by atoms with Crippen LogP contribution >= 0.6 is 11.6 Å². The number of nitrogens with zero attached hydrogens (tertiary/aromatic N) is 4. The molecule has 0 saturated carbocycles. The third kappa shape index (κ3) is 5.18. The monoisotopic (exact) mass is 666 g/mol. The number of anilines is 1. The van der Waals surface area contributed by atoms with Crippen LogP contribution in [0.1, 0.15) is 35.1 Å². The number of rotatable bonds is 7. The number of methoxy groups -OCH3 is 1. The van der Waals surface area contributed by atoms with Gasteiger partial charge in [-0.25, -0.2) is 18.6 Å². The Morgan fingerprint density at radius 1 is 1.09 bits per heavy atom. The summed E-state index contributed by atoms with van der Waals surface area (Å²) < 4.78 is 61.5. The lowest BCUT2D eigenvalue weighted by atomic mass is 10.0. The van der Waals surface area contributed by atoms with Crippen molar-refractivity contribution in [3.63, 3.8) is 0 Å². The molecule has 3 saturated heterocycles. The van der Waals surface area contributed by atoms with Gasteiger partial charge in [0.15, 0.2) is 17.3 Å². The first-order valence-corrected chi connectivity index (χ1v) is 16.0. The number of esters is 1. The van der Waals surface area contributed by atoms with Crippen LogP contribution in [0.5, 0.6) is 11.5 Å². The summed E-state index contributed by atoms with van der Waals surface area (Å²) >= 11 is 6.00. The van der Waals surface area contributed by atoms with Gasteiger partial charge in [-0.2, -0.15) is 0 Å². The molecule has 4 aliphatic heterocycles. The minimum Gasteiger partial charge on any atom is -0.465 e. The van der Waals surface area contributed by atoms with Gasteiger partial charge < -0.3 is 33.2 Å². The maximum atomic E-state index is 15.3. The van der Waals surface area contributed by atoms with Crippen LogP contribution in [0.25, 0.3) is 11.0 Å². The highest BCUT2D eigenvalue weighted by Crippen LogP contribution is 2.51. The third-order valence-electron chi connectivity index (χ3n) is 9.64. The fraction of sp³-hybridized carbons (Fsp3) is 0.412. The van der Waals surface area contributed by atoms with Crippen molar-refractivity contribution in [2.45, 2.75) is 50.4 Å². The van der Waals surface area contributed by atoms with Crippen LogP contribution in [0.4, 0.5) is 14.5 Å². The van der Waals surface area contributed by atoms with Gasteiger partial charge >= 0.3 is 5.97 Å². The summed E-state index contributed by atoms with van der Waals surface area (Å²) in [5, 5.41) is 0.291. The predicted molar refractivity (Wildman–Crippen MR) is 168 cm³/mol. The van der Waals surface area contributed by atoms with E-state index >= 15 is 4.39 Å². The Morgan fingerprint density at radius 3 is 2.68 bits per heavy atom. The molecule has 0 bridgehead atoms. The number of ether oxygens (including phenoxy) is 5. The fourth-order valence-corrected chi connectivity index (χ4v) is 7.31. The molecule has 0 spiro atoms. The zero-order valence-corrected chi connectivity index (χ0v) is 26.6. The molecular formula is C34H33ClF2N4O6. The van der Waals surface area contributed by atoms with E-state index in [2.05, 4.69) is 9.80 Å². The number of carbonyl (C=O) groups excluding carboxylic acids is 1. The molecule has 3 aromatic carbocycles. The summed E-state index contributed by atoms with van der Waals surface area (Å²) in [5.74, 6) is -1.30. The lowest BCUT2D eigenvalue weighted by Crippen LogP contribution is -2.59. The van der Waals surface area contributed by atoms with E-state index in [0.29, 0.717) is 73.9 Å². The number of hydrogen-bond acceptors (Lipinski definition) is 9. The first kappa shape index (κ1) is 30.4. The number of hydrogen-bond donors (Lipinski definition) is 0. The fourth-order valence-electron chi connectivity index (χ4n) is 7.15. The van der Waals surface area contributed by atoms with Gasteiger partial charge in [-0.1, -0.05) is 17.7 Å². The van der Waals surface area contributed by atoms with Gasteiger partial charge in [-0.05, 0) is 48.9 Å². The van der Waals surface area contributed by atoms with Gasteiger partial charge in [0.1, 0.15) is 17.2 Å². The molecule has 0 radical (unpaired) electrons. The average molecular weight is 667 g/mol. The molecule has 4 aromatic rings. The van der Waals surface area contributed by atoms with Gasteiger partial charge in [-0.15, -0.1) is 0 Å². The molecule has 5 heterocycles. The van der Waals surface area contributed by atoms with Crippen molar-refractivity contribution in [2.24, 2.45) is 0 Å². The predicted octanol–water partition coefficient (Wildman–Crippen LogP) is 5.28. The Morgan fingerprint density at radius 2 is 1.91 bits per heavy atom. The molecule has 0 aliphatic carbocycles. The summed E-state index contributed by atoms with van der Waals surface area (Å²) in [6.45, 7) is 5.64. The summed E-state index contributed by atoms with van der Waals surface area (Å²) in [6.07, 6.45) is 0.886. The maximum Gasteiger partial charge on any atom is 0.338 e. The zero-order valence-electron chi connectivity index (χ0n) is 25.9. The van der Waals surface area contributed by atoms with Crippen molar-refractivity contribution in [1.29, 1.82) is 0 Å². The molecule has 0 amide bonds. The van der Waals surface area contributed by atoms with E-state index in [4.69, 9.17) is 40.3 Å². The highest BCUT2D eigenvalue weighted by molar-refractivity contribution is 6.30. The Balaban J connectivity index is 1.08. The van der Waals surface area contributed by atoms with Crippen LogP contribution in [0, 0.1) is 11.6 Å². The standard InChI is InChI=1S/C34H33ClF2N4O6/c1-34(22-7-6-20(35)14-23(22)36)46-29-5-3-4-25(32(29)47-34)40-10-9-39(27-17-44-18-28(27)40)16-30-38-31-24(37)12-19(33(42)43-2)13-26(31)41(30)15-21-8-11-45-21/h3-7,12-14,21,27-28H,8-11,15-18H2,1-2H3/t21-,27-,28+,34?/m0/s1. The summed E-state index contributed by atoms with van der Waals surface area (Å²) in [6, 6.07) is 12.9. The molecule has 3 fully saturated rings. The summed E-state index contributed by atoms with van der Waals surface area (Å²) in [7, 11) is 1.27. The second-order valence-electron chi connectivity index (χ2n) is 12.5. The molecule has 47 heavy (non-hydrogen) atoms.